The zero-order chi connectivity index (χ0) is 24.0. The molecule has 0 aliphatic rings. The molecule has 0 unspecified atom stereocenters. The SMILES string of the molecule is CCOC(=O)c1[nH]c(C)c(C(=O)CN(CCc2ccccn2)C(=O)c2cccc(F)c2)c1C. The number of carbonyl (C=O) groups is 3. The Balaban J connectivity index is 1.87. The molecule has 0 fully saturated rings. The van der Waals surface area contributed by atoms with Crippen molar-refractivity contribution in [2.45, 2.75) is 27.2 Å². The second-order valence-electron chi connectivity index (χ2n) is 7.58. The van der Waals surface area contributed by atoms with E-state index < -0.39 is 17.7 Å². The van der Waals surface area contributed by atoms with Crippen molar-refractivity contribution in [3.05, 3.63) is 88.3 Å². The second kappa shape index (κ2) is 10.7. The Morgan fingerprint density at radius 1 is 1.12 bits per heavy atom. The number of Topliss-reactive ketones (excluding diaryl/α,β-unsaturated/α-hetero) is 1. The Morgan fingerprint density at radius 2 is 1.91 bits per heavy atom. The van der Waals surface area contributed by atoms with E-state index in [1.54, 1.807) is 33.0 Å². The second-order valence-corrected chi connectivity index (χ2v) is 7.58. The number of aryl methyl sites for hydroxylation is 1. The number of ketones is 1. The van der Waals surface area contributed by atoms with Gasteiger partial charge in [0.05, 0.1) is 13.2 Å². The number of halogens is 1. The summed E-state index contributed by atoms with van der Waals surface area (Å²) in [5.41, 5.74) is 2.46. The number of benzene rings is 1. The Labute approximate surface area is 191 Å². The van der Waals surface area contributed by atoms with Gasteiger partial charge in [-0.25, -0.2) is 9.18 Å². The first-order valence-corrected chi connectivity index (χ1v) is 10.7. The smallest absolute Gasteiger partial charge is 0.355 e. The number of ether oxygens (including phenoxy) is 1. The molecule has 7 nitrogen and oxygen atoms in total. The number of rotatable bonds is 9. The third-order valence-corrected chi connectivity index (χ3v) is 5.25. The van der Waals surface area contributed by atoms with Crippen molar-refractivity contribution in [1.29, 1.82) is 0 Å². The van der Waals surface area contributed by atoms with Gasteiger partial charge >= 0.3 is 5.97 Å². The topological polar surface area (TPSA) is 92.4 Å². The summed E-state index contributed by atoms with van der Waals surface area (Å²) >= 11 is 0. The van der Waals surface area contributed by atoms with Crippen LogP contribution in [0.1, 0.15) is 55.1 Å². The summed E-state index contributed by atoms with van der Waals surface area (Å²) < 4.78 is 18.8. The van der Waals surface area contributed by atoms with E-state index in [0.29, 0.717) is 23.2 Å². The van der Waals surface area contributed by atoms with Crippen LogP contribution in [0.25, 0.3) is 0 Å². The minimum atomic E-state index is -0.542. The minimum absolute atomic E-state index is 0.151. The molecule has 33 heavy (non-hydrogen) atoms. The van der Waals surface area contributed by atoms with E-state index in [0.717, 1.165) is 11.8 Å². The summed E-state index contributed by atoms with van der Waals surface area (Å²) in [6.07, 6.45) is 2.08. The Morgan fingerprint density at radius 3 is 2.58 bits per heavy atom. The van der Waals surface area contributed by atoms with Crippen LogP contribution >= 0.6 is 0 Å². The molecule has 3 aromatic rings. The van der Waals surface area contributed by atoms with Crippen LogP contribution in [0.4, 0.5) is 4.39 Å². The van der Waals surface area contributed by atoms with Crippen LogP contribution in [0.3, 0.4) is 0 Å². The third kappa shape index (κ3) is 5.71. The van der Waals surface area contributed by atoms with E-state index >= 15 is 0 Å². The van der Waals surface area contributed by atoms with Gasteiger partial charge in [0.2, 0.25) is 0 Å². The Bertz CT molecular complexity index is 1160. The molecular formula is C25H26FN3O4. The lowest BCUT2D eigenvalue weighted by molar-refractivity contribution is 0.0519. The zero-order valence-electron chi connectivity index (χ0n) is 18.9. The van der Waals surface area contributed by atoms with E-state index in [2.05, 4.69) is 9.97 Å². The molecule has 0 atom stereocenters. The summed E-state index contributed by atoms with van der Waals surface area (Å²) in [6, 6.07) is 10.8. The Hall–Kier alpha value is -3.81. The Kier molecular flexibility index (Phi) is 7.71. The number of aromatic amines is 1. The normalized spacial score (nSPS) is 10.7. The number of carbonyl (C=O) groups excluding carboxylic acids is 3. The van der Waals surface area contributed by atoms with E-state index in [-0.39, 0.29) is 36.7 Å². The van der Waals surface area contributed by atoms with Crippen molar-refractivity contribution >= 4 is 17.7 Å². The first-order chi connectivity index (χ1) is 15.8. The van der Waals surface area contributed by atoms with E-state index in [9.17, 15) is 18.8 Å². The number of nitrogens with zero attached hydrogens (tertiary/aromatic N) is 2. The molecule has 3 rings (SSSR count). The van der Waals surface area contributed by atoms with Gasteiger partial charge in [-0.1, -0.05) is 12.1 Å². The average Bonchev–Trinajstić information content (AvgIpc) is 3.11. The van der Waals surface area contributed by atoms with Gasteiger partial charge in [-0.3, -0.25) is 14.6 Å². The zero-order valence-corrected chi connectivity index (χ0v) is 18.9. The number of pyridine rings is 1. The van der Waals surface area contributed by atoms with E-state index in [4.69, 9.17) is 4.74 Å². The van der Waals surface area contributed by atoms with Gasteiger partial charge in [-0.15, -0.1) is 0 Å². The third-order valence-electron chi connectivity index (χ3n) is 5.25. The van der Waals surface area contributed by atoms with Crippen LogP contribution in [0.2, 0.25) is 0 Å². The number of H-pyrrole nitrogens is 1. The maximum Gasteiger partial charge on any atom is 0.355 e. The quantitative estimate of drug-likeness (QED) is 0.393. The van der Waals surface area contributed by atoms with Gasteiger partial charge in [0.15, 0.2) is 5.78 Å². The van der Waals surface area contributed by atoms with Crippen molar-refractivity contribution in [3.8, 4) is 0 Å². The predicted octanol–water partition coefficient (Wildman–Crippen LogP) is 3.91. The number of aromatic nitrogens is 2. The molecule has 0 aliphatic carbocycles. The van der Waals surface area contributed by atoms with Gasteiger partial charge < -0.3 is 14.6 Å². The van der Waals surface area contributed by atoms with E-state index in [1.165, 1.54) is 23.1 Å². The van der Waals surface area contributed by atoms with Crippen LogP contribution in [-0.4, -0.2) is 52.2 Å². The number of hydrogen-bond donors (Lipinski definition) is 1. The van der Waals surface area contributed by atoms with Crippen LogP contribution < -0.4 is 0 Å². The molecule has 8 heteroatoms. The summed E-state index contributed by atoms with van der Waals surface area (Å²) in [5, 5.41) is 0. The van der Waals surface area contributed by atoms with Crippen molar-refractivity contribution in [2.75, 3.05) is 19.7 Å². The fourth-order valence-corrected chi connectivity index (χ4v) is 3.68. The highest BCUT2D eigenvalue weighted by atomic mass is 19.1. The molecule has 0 bridgehead atoms. The van der Waals surface area contributed by atoms with Crippen molar-refractivity contribution in [1.82, 2.24) is 14.9 Å². The van der Waals surface area contributed by atoms with Crippen LogP contribution in [0.15, 0.2) is 48.7 Å². The minimum Gasteiger partial charge on any atom is -0.461 e. The first-order valence-electron chi connectivity index (χ1n) is 10.7. The van der Waals surface area contributed by atoms with Crippen LogP contribution in [-0.2, 0) is 11.2 Å². The highest BCUT2D eigenvalue weighted by Gasteiger charge is 2.26. The van der Waals surface area contributed by atoms with Gasteiger partial charge in [0.25, 0.3) is 5.91 Å². The lowest BCUT2D eigenvalue weighted by Gasteiger charge is -2.22. The largest absolute Gasteiger partial charge is 0.461 e. The summed E-state index contributed by atoms with van der Waals surface area (Å²) in [6.45, 7) is 5.25. The molecule has 1 N–H and O–H groups in total. The summed E-state index contributed by atoms with van der Waals surface area (Å²) in [4.78, 5) is 47.2. The molecular weight excluding hydrogens is 425 g/mol. The van der Waals surface area contributed by atoms with Crippen LogP contribution in [0.5, 0.6) is 0 Å². The number of amides is 1. The van der Waals surface area contributed by atoms with Gasteiger partial charge in [0, 0.05) is 41.7 Å². The number of hydrogen-bond acceptors (Lipinski definition) is 5. The fourth-order valence-electron chi connectivity index (χ4n) is 3.68. The molecule has 0 radical (unpaired) electrons. The summed E-state index contributed by atoms with van der Waals surface area (Å²) in [5.74, 6) is -1.87. The monoisotopic (exact) mass is 451 g/mol. The molecule has 1 amide bonds. The maximum atomic E-state index is 13.7. The molecule has 0 saturated carbocycles. The molecule has 1 aromatic carbocycles. The molecule has 0 spiro atoms. The standard InChI is InChI=1S/C25H26FN3O4/c1-4-33-25(32)23-16(2)22(17(3)28-23)21(30)15-29(13-11-20-10-5-6-12-27-20)24(31)18-8-7-9-19(26)14-18/h5-10,12,14,28H,4,11,13,15H2,1-3H3. The van der Waals surface area contributed by atoms with Gasteiger partial charge in [0.1, 0.15) is 11.5 Å². The first kappa shape index (κ1) is 23.8. The van der Waals surface area contributed by atoms with Gasteiger partial charge in [-0.05, 0) is 56.7 Å². The highest BCUT2D eigenvalue weighted by Crippen LogP contribution is 2.20. The summed E-state index contributed by atoms with van der Waals surface area (Å²) in [7, 11) is 0. The van der Waals surface area contributed by atoms with Crippen molar-refractivity contribution < 1.29 is 23.5 Å². The lowest BCUT2D eigenvalue weighted by Crippen LogP contribution is -2.37. The predicted molar refractivity (Wildman–Crippen MR) is 121 cm³/mol. The van der Waals surface area contributed by atoms with Crippen LogP contribution in [0, 0.1) is 19.7 Å². The van der Waals surface area contributed by atoms with Crippen molar-refractivity contribution in [2.24, 2.45) is 0 Å². The van der Waals surface area contributed by atoms with E-state index in [1.807, 2.05) is 12.1 Å². The highest BCUT2D eigenvalue weighted by molar-refractivity contribution is 6.05. The fraction of sp³-hybridized carbons (Fsp3) is 0.280. The van der Waals surface area contributed by atoms with Crippen molar-refractivity contribution in [3.63, 3.8) is 0 Å². The maximum absolute atomic E-state index is 13.7. The number of nitrogens with one attached hydrogen (secondary N) is 1. The average molecular weight is 451 g/mol. The van der Waals surface area contributed by atoms with Gasteiger partial charge in [-0.2, -0.15) is 0 Å². The molecule has 0 saturated heterocycles. The molecule has 172 valence electrons. The molecule has 0 aliphatic heterocycles. The number of esters is 1. The molecule has 2 heterocycles. The lowest BCUT2D eigenvalue weighted by atomic mass is 10.0. The molecule has 2 aromatic heterocycles.